The van der Waals surface area contributed by atoms with Crippen LogP contribution in [0.3, 0.4) is 0 Å². The van der Waals surface area contributed by atoms with Crippen LogP contribution in [0.5, 0.6) is 0 Å². The Balaban J connectivity index is 0.000000290. The number of nitrogens with zero attached hydrogens (tertiary/aromatic N) is 1. The van der Waals surface area contributed by atoms with Crippen LogP contribution in [0.1, 0.15) is 44.1 Å². The zero-order chi connectivity index (χ0) is 18.9. The Morgan fingerprint density at radius 1 is 1.19 bits per heavy atom. The van der Waals surface area contributed by atoms with Crippen molar-refractivity contribution >= 4 is 12.1 Å². The molecule has 0 unspecified atom stereocenters. The monoisotopic (exact) mass is 364 g/mol. The van der Waals surface area contributed by atoms with Crippen LogP contribution in [-0.4, -0.2) is 46.8 Å². The van der Waals surface area contributed by atoms with Crippen LogP contribution in [0.15, 0.2) is 30.3 Å². The molecule has 1 saturated heterocycles. The molecule has 0 bridgehead atoms. The highest BCUT2D eigenvalue weighted by molar-refractivity contribution is 5.79. The summed E-state index contributed by atoms with van der Waals surface area (Å²) in [4.78, 5) is 23.6. The fraction of sp³-hybridized carbons (Fsp3) is 0.579. The predicted molar refractivity (Wildman–Crippen MR) is 92.5 cm³/mol. The Morgan fingerprint density at radius 3 is 2.38 bits per heavy atom. The van der Waals surface area contributed by atoms with E-state index in [-0.39, 0.29) is 19.6 Å². The van der Waals surface area contributed by atoms with Gasteiger partial charge in [0.1, 0.15) is 6.61 Å². The fourth-order valence-corrected chi connectivity index (χ4v) is 3.23. The molecule has 0 aromatic heterocycles. The lowest BCUT2D eigenvalue weighted by Crippen LogP contribution is -2.61. The summed E-state index contributed by atoms with van der Waals surface area (Å²) >= 11 is 0. The maximum absolute atomic E-state index is 11.8. The summed E-state index contributed by atoms with van der Waals surface area (Å²) in [6, 6.07) is 8.71. The molecule has 1 aromatic rings. The van der Waals surface area contributed by atoms with Gasteiger partial charge in [-0.1, -0.05) is 36.8 Å². The first-order valence-corrected chi connectivity index (χ1v) is 9.16. The summed E-state index contributed by atoms with van der Waals surface area (Å²) in [6.45, 7) is 0.0122. The fourth-order valence-electron chi connectivity index (χ4n) is 3.23. The van der Waals surface area contributed by atoms with E-state index in [0.717, 1.165) is 16.5 Å². The molecule has 2 atom stereocenters. The quantitative estimate of drug-likeness (QED) is 0.787. The number of benzene rings is 1. The first kappa shape index (κ1) is 20.2. The number of carbonyl (C=O) groups excluding carboxylic acids is 2. The molecule has 2 aliphatic rings. The van der Waals surface area contributed by atoms with E-state index in [1.54, 1.807) is 12.1 Å². The number of carboxylic acids is 1. The van der Waals surface area contributed by atoms with Crippen LogP contribution in [0.4, 0.5) is 4.79 Å². The summed E-state index contributed by atoms with van der Waals surface area (Å²) in [6.07, 6.45) is 5.42. The molecule has 3 rings (SSSR count). The van der Waals surface area contributed by atoms with Crippen LogP contribution in [-0.2, 0) is 16.1 Å². The number of hydrogen-bond acceptors (Lipinski definition) is 5. The van der Waals surface area contributed by atoms with Crippen molar-refractivity contribution in [2.75, 3.05) is 6.54 Å². The molecule has 1 aliphatic carbocycles. The highest BCUT2D eigenvalue weighted by Gasteiger charge is 2.36. The topological polar surface area (TPSA) is 118 Å². The van der Waals surface area contributed by atoms with Crippen molar-refractivity contribution in [3.05, 3.63) is 35.9 Å². The highest BCUT2D eigenvalue weighted by Crippen LogP contribution is 2.19. The number of rotatable bonds is 3. The van der Waals surface area contributed by atoms with Gasteiger partial charge >= 0.3 is 6.09 Å². The third kappa shape index (κ3) is 6.31. The van der Waals surface area contributed by atoms with Gasteiger partial charge in [-0.2, -0.15) is 0 Å². The predicted octanol–water partition coefficient (Wildman–Crippen LogP) is 0.0693. The van der Waals surface area contributed by atoms with Gasteiger partial charge in [0.25, 0.3) is 0 Å². The molecule has 1 saturated carbocycles. The van der Waals surface area contributed by atoms with Crippen LogP contribution >= 0.6 is 0 Å². The van der Waals surface area contributed by atoms with Gasteiger partial charge in [0.2, 0.25) is 0 Å². The second-order valence-electron chi connectivity index (χ2n) is 6.92. The number of aliphatic hydroxyl groups excluding tert-OH is 1. The molecule has 1 aliphatic heterocycles. The van der Waals surface area contributed by atoms with Gasteiger partial charge in [0.15, 0.2) is 0 Å². The number of aliphatic hydroxyl groups is 1. The van der Waals surface area contributed by atoms with Crippen molar-refractivity contribution in [2.24, 2.45) is 0 Å². The second-order valence-corrected chi connectivity index (χ2v) is 6.92. The Kier molecular flexibility index (Phi) is 7.87. The first-order chi connectivity index (χ1) is 12.5. The van der Waals surface area contributed by atoms with Gasteiger partial charge in [-0.25, -0.2) is 4.79 Å². The minimum absolute atomic E-state index is 0.0250. The molecular formula is C19H28N2O5. The summed E-state index contributed by atoms with van der Waals surface area (Å²) in [7, 11) is 0. The van der Waals surface area contributed by atoms with E-state index in [1.165, 1.54) is 32.1 Å². The maximum atomic E-state index is 11.8. The number of hydrogen-bond donors (Lipinski definition) is 2. The normalized spacial score (nSPS) is 23.1. The Hall–Kier alpha value is -2.12. The molecule has 4 N–H and O–H groups in total. The minimum Gasteiger partial charge on any atom is -0.548 e. The molecule has 7 nitrogen and oxygen atoms in total. The van der Waals surface area contributed by atoms with E-state index in [9.17, 15) is 19.8 Å². The number of aliphatic carboxylic acids is 1. The van der Waals surface area contributed by atoms with E-state index in [4.69, 9.17) is 4.74 Å². The third-order valence-corrected chi connectivity index (χ3v) is 4.72. The van der Waals surface area contributed by atoms with Crippen LogP contribution in [0.2, 0.25) is 0 Å². The Morgan fingerprint density at radius 2 is 1.85 bits per heavy atom. The largest absolute Gasteiger partial charge is 0.548 e. The van der Waals surface area contributed by atoms with Gasteiger partial charge in [-0.15, -0.1) is 0 Å². The van der Waals surface area contributed by atoms with Crippen molar-refractivity contribution < 1.29 is 30.3 Å². The van der Waals surface area contributed by atoms with Gasteiger partial charge in [0.05, 0.1) is 30.7 Å². The van der Waals surface area contributed by atoms with E-state index < -0.39 is 24.2 Å². The number of ether oxygens (including phenoxy) is 1. The molecule has 1 amide bonds. The molecule has 26 heavy (non-hydrogen) atoms. The first-order valence-electron chi connectivity index (χ1n) is 9.16. The third-order valence-electron chi connectivity index (χ3n) is 4.72. The zero-order valence-corrected chi connectivity index (χ0v) is 15.0. The molecule has 1 heterocycles. The zero-order valence-electron chi connectivity index (χ0n) is 15.0. The summed E-state index contributed by atoms with van der Waals surface area (Å²) in [5, 5.41) is 20.3. The van der Waals surface area contributed by atoms with Crippen molar-refractivity contribution in [1.29, 1.82) is 0 Å². The average molecular weight is 364 g/mol. The number of amides is 1. The van der Waals surface area contributed by atoms with Crippen LogP contribution in [0, 0.1) is 0 Å². The Bertz CT molecular complexity index is 575. The van der Waals surface area contributed by atoms with Gasteiger partial charge in [-0.3, -0.25) is 4.90 Å². The lowest BCUT2D eigenvalue weighted by atomic mass is 9.97. The number of carboxylic acid groups (broad SMARTS) is 1. The lowest BCUT2D eigenvalue weighted by molar-refractivity contribution is -0.425. The smallest absolute Gasteiger partial charge is 0.410 e. The molecule has 7 heteroatoms. The van der Waals surface area contributed by atoms with Gasteiger partial charge in [-0.05, 0) is 31.2 Å². The number of carbonyl (C=O) groups is 2. The number of quaternary nitrogens is 1. The van der Waals surface area contributed by atoms with E-state index >= 15 is 0 Å². The van der Waals surface area contributed by atoms with Gasteiger partial charge in [0, 0.05) is 6.42 Å². The van der Waals surface area contributed by atoms with Crippen molar-refractivity contribution in [3.8, 4) is 0 Å². The van der Waals surface area contributed by atoms with Crippen LogP contribution < -0.4 is 10.8 Å². The molecule has 2 fully saturated rings. The standard InChI is InChI=1S/C13H15NO5.C6H13N/c15-10-6-11(12(16)17)14(7-10)13(18)19-8-9-4-2-1-3-5-9;7-6-4-2-1-3-5-6/h1-5,10-11,15H,6-8H2,(H,16,17);6H,1-5,7H2/t10-,11+;/m1./s1. The molecule has 1 aromatic carbocycles. The average Bonchev–Trinajstić information content (AvgIpc) is 3.04. The van der Waals surface area contributed by atoms with Crippen molar-refractivity contribution in [3.63, 3.8) is 0 Å². The van der Waals surface area contributed by atoms with Crippen LogP contribution in [0.25, 0.3) is 0 Å². The summed E-state index contributed by atoms with van der Waals surface area (Å²) in [5.41, 5.74) is 4.80. The van der Waals surface area contributed by atoms with Gasteiger partial charge < -0.3 is 25.5 Å². The maximum Gasteiger partial charge on any atom is 0.410 e. The molecule has 0 radical (unpaired) electrons. The summed E-state index contributed by atoms with van der Waals surface area (Å²) < 4.78 is 5.03. The molecule has 0 spiro atoms. The lowest BCUT2D eigenvalue weighted by Gasteiger charge is -2.24. The number of likely N-dealkylation sites (tertiary alicyclic amines) is 1. The minimum atomic E-state index is -1.38. The van der Waals surface area contributed by atoms with E-state index in [1.807, 2.05) is 18.2 Å². The second kappa shape index (κ2) is 10.1. The molecule has 144 valence electrons. The summed E-state index contributed by atoms with van der Waals surface area (Å²) in [5.74, 6) is -1.38. The van der Waals surface area contributed by atoms with Crippen molar-refractivity contribution in [1.82, 2.24) is 4.90 Å². The van der Waals surface area contributed by atoms with E-state index in [0.29, 0.717) is 0 Å². The molecular weight excluding hydrogens is 336 g/mol. The van der Waals surface area contributed by atoms with Crippen molar-refractivity contribution in [2.45, 2.75) is 63.3 Å². The highest BCUT2D eigenvalue weighted by atomic mass is 16.6. The SMILES string of the molecule is O=C([O-])[C@@H]1C[C@@H](O)CN1C(=O)OCc1ccccc1.[NH3+]C1CCCCC1. The number of β-amino-alcohol motifs (C(OH)–C–C–N with tert-alkyl or cyclic N) is 1. The Labute approximate surface area is 153 Å². The van der Waals surface area contributed by atoms with E-state index in [2.05, 4.69) is 5.73 Å².